The van der Waals surface area contributed by atoms with Crippen molar-refractivity contribution in [3.63, 3.8) is 0 Å². The number of rotatable bonds is 3. The molecule has 0 radical (unpaired) electrons. The van der Waals surface area contributed by atoms with E-state index in [9.17, 15) is 4.79 Å². The first-order chi connectivity index (χ1) is 9.31. The number of hydrogen-bond acceptors (Lipinski definition) is 3. The summed E-state index contributed by atoms with van der Waals surface area (Å²) in [7, 11) is 0. The topological polar surface area (TPSA) is 30.7 Å². The molecule has 0 fully saturated rings. The maximum atomic E-state index is 12.0. The highest BCUT2D eigenvalue weighted by Gasteiger charge is 2.17. The SMILES string of the molecule is CCOC(=O)c1cc(-c2cccs2)n2ccccc12. The smallest absolute Gasteiger partial charge is 0.340 e. The van der Waals surface area contributed by atoms with E-state index in [0.717, 1.165) is 16.1 Å². The Bertz CT molecular complexity index is 713. The number of carbonyl (C=O) groups is 1. The predicted octanol–water partition coefficient (Wildman–Crippen LogP) is 3.84. The van der Waals surface area contributed by atoms with Crippen molar-refractivity contribution >= 4 is 22.8 Å². The summed E-state index contributed by atoms with van der Waals surface area (Å²) in [6.45, 7) is 2.20. The van der Waals surface area contributed by atoms with Gasteiger partial charge in [0.1, 0.15) is 0 Å². The van der Waals surface area contributed by atoms with Crippen molar-refractivity contribution in [2.45, 2.75) is 6.92 Å². The first-order valence-electron chi connectivity index (χ1n) is 6.12. The van der Waals surface area contributed by atoms with E-state index in [1.165, 1.54) is 0 Å². The lowest BCUT2D eigenvalue weighted by Crippen LogP contribution is -2.03. The standard InChI is InChI=1S/C15H13NO2S/c1-2-18-15(17)11-10-13(14-7-5-9-19-14)16-8-4-3-6-12(11)16/h3-10H,2H2,1H3. The van der Waals surface area contributed by atoms with Crippen molar-refractivity contribution in [1.82, 2.24) is 4.40 Å². The zero-order valence-corrected chi connectivity index (χ0v) is 11.3. The van der Waals surface area contributed by atoms with Crippen molar-refractivity contribution < 1.29 is 9.53 Å². The summed E-state index contributed by atoms with van der Waals surface area (Å²) in [5.74, 6) is -0.269. The van der Waals surface area contributed by atoms with Crippen LogP contribution in [0, 0.1) is 0 Å². The van der Waals surface area contributed by atoms with Gasteiger partial charge < -0.3 is 9.14 Å². The molecule has 0 aromatic carbocycles. The normalized spacial score (nSPS) is 10.8. The first-order valence-corrected chi connectivity index (χ1v) is 7.00. The maximum absolute atomic E-state index is 12.0. The van der Waals surface area contributed by atoms with Gasteiger partial charge in [-0.05, 0) is 36.6 Å². The predicted molar refractivity (Wildman–Crippen MR) is 76.7 cm³/mol. The lowest BCUT2D eigenvalue weighted by molar-refractivity contribution is 0.0529. The Balaban J connectivity index is 2.22. The number of ether oxygens (including phenoxy) is 1. The summed E-state index contributed by atoms with van der Waals surface area (Å²) in [5.41, 5.74) is 2.52. The van der Waals surface area contributed by atoms with Gasteiger partial charge in [0.2, 0.25) is 0 Å². The van der Waals surface area contributed by atoms with Crippen LogP contribution in [0.25, 0.3) is 16.1 Å². The van der Waals surface area contributed by atoms with E-state index in [0.29, 0.717) is 12.2 Å². The van der Waals surface area contributed by atoms with Gasteiger partial charge in [-0.25, -0.2) is 4.79 Å². The van der Waals surface area contributed by atoms with Gasteiger partial charge >= 0.3 is 5.97 Å². The molecule has 0 aliphatic heterocycles. The molecule has 0 aliphatic rings. The maximum Gasteiger partial charge on any atom is 0.340 e. The lowest BCUT2D eigenvalue weighted by atomic mass is 10.2. The molecule has 0 atom stereocenters. The fourth-order valence-corrected chi connectivity index (χ4v) is 2.88. The highest BCUT2D eigenvalue weighted by molar-refractivity contribution is 7.13. The third-order valence-electron chi connectivity index (χ3n) is 2.95. The Kier molecular flexibility index (Phi) is 3.09. The molecule has 0 amide bonds. The molecule has 0 saturated carbocycles. The number of carbonyl (C=O) groups excluding carboxylic acids is 1. The molecule has 0 N–H and O–H groups in total. The molecular formula is C15H13NO2S. The van der Waals surface area contributed by atoms with Gasteiger partial charge in [-0.15, -0.1) is 11.3 Å². The molecule has 3 aromatic heterocycles. The van der Waals surface area contributed by atoms with Gasteiger partial charge in [-0.3, -0.25) is 0 Å². The zero-order valence-electron chi connectivity index (χ0n) is 10.5. The molecule has 3 rings (SSSR count). The van der Waals surface area contributed by atoms with Crippen LogP contribution in [0.2, 0.25) is 0 Å². The molecule has 3 aromatic rings. The van der Waals surface area contributed by atoms with Crippen LogP contribution in [0.3, 0.4) is 0 Å². The Morgan fingerprint density at radius 1 is 1.32 bits per heavy atom. The Morgan fingerprint density at radius 2 is 2.21 bits per heavy atom. The minimum Gasteiger partial charge on any atom is -0.462 e. The highest BCUT2D eigenvalue weighted by atomic mass is 32.1. The molecule has 0 spiro atoms. The van der Waals surface area contributed by atoms with E-state index in [1.54, 1.807) is 11.3 Å². The van der Waals surface area contributed by atoms with E-state index in [-0.39, 0.29) is 5.97 Å². The molecule has 4 heteroatoms. The van der Waals surface area contributed by atoms with E-state index in [2.05, 4.69) is 0 Å². The van der Waals surface area contributed by atoms with E-state index < -0.39 is 0 Å². The summed E-state index contributed by atoms with van der Waals surface area (Å²) in [5, 5.41) is 2.03. The molecule has 19 heavy (non-hydrogen) atoms. The summed E-state index contributed by atoms with van der Waals surface area (Å²) >= 11 is 1.66. The Hall–Kier alpha value is -2.07. The quantitative estimate of drug-likeness (QED) is 0.677. The lowest BCUT2D eigenvalue weighted by Gasteiger charge is -2.00. The number of hydrogen-bond donors (Lipinski definition) is 0. The van der Waals surface area contributed by atoms with Crippen LogP contribution in [0.4, 0.5) is 0 Å². The van der Waals surface area contributed by atoms with Crippen LogP contribution in [0.1, 0.15) is 17.3 Å². The van der Waals surface area contributed by atoms with Crippen LogP contribution >= 0.6 is 11.3 Å². The van der Waals surface area contributed by atoms with Gasteiger partial charge in [-0.1, -0.05) is 12.1 Å². The first kappa shape index (κ1) is 12.0. The summed E-state index contributed by atoms with van der Waals surface area (Å²) < 4.78 is 7.14. The number of pyridine rings is 1. The number of nitrogens with zero attached hydrogens (tertiary/aromatic N) is 1. The monoisotopic (exact) mass is 271 g/mol. The van der Waals surface area contributed by atoms with Crippen molar-refractivity contribution in [2.75, 3.05) is 6.61 Å². The largest absolute Gasteiger partial charge is 0.462 e. The van der Waals surface area contributed by atoms with Crippen molar-refractivity contribution in [3.8, 4) is 10.6 Å². The third-order valence-corrected chi connectivity index (χ3v) is 3.84. The van der Waals surface area contributed by atoms with Crippen molar-refractivity contribution in [3.05, 3.63) is 53.5 Å². The van der Waals surface area contributed by atoms with Crippen LogP contribution in [-0.2, 0) is 4.74 Å². The minimum absolute atomic E-state index is 0.269. The van der Waals surface area contributed by atoms with Gasteiger partial charge in [0.25, 0.3) is 0 Å². The minimum atomic E-state index is -0.269. The molecule has 0 bridgehead atoms. The summed E-state index contributed by atoms with van der Waals surface area (Å²) in [6, 6.07) is 11.8. The molecule has 0 aliphatic carbocycles. The van der Waals surface area contributed by atoms with Crippen LogP contribution in [0.5, 0.6) is 0 Å². The molecule has 3 heterocycles. The van der Waals surface area contributed by atoms with Gasteiger partial charge in [0.05, 0.1) is 28.3 Å². The van der Waals surface area contributed by atoms with E-state index >= 15 is 0 Å². The molecule has 96 valence electrons. The van der Waals surface area contributed by atoms with Crippen molar-refractivity contribution in [2.24, 2.45) is 0 Å². The zero-order chi connectivity index (χ0) is 13.2. The second kappa shape index (κ2) is 4.90. The van der Waals surface area contributed by atoms with Crippen LogP contribution < -0.4 is 0 Å². The van der Waals surface area contributed by atoms with Gasteiger partial charge in [-0.2, -0.15) is 0 Å². The van der Waals surface area contributed by atoms with Gasteiger partial charge in [0.15, 0.2) is 0 Å². The Labute approximate surface area is 115 Å². The van der Waals surface area contributed by atoms with E-state index in [1.807, 2.05) is 59.3 Å². The fourth-order valence-electron chi connectivity index (χ4n) is 2.14. The number of fused-ring (bicyclic) bond motifs is 1. The average Bonchev–Trinajstić information content (AvgIpc) is 3.06. The highest BCUT2D eigenvalue weighted by Crippen LogP contribution is 2.29. The molecular weight excluding hydrogens is 258 g/mol. The van der Waals surface area contributed by atoms with Crippen molar-refractivity contribution in [1.29, 1.82) is 0 Å². The van der Waals surface area contributed by atoms with Crippen LogP contribution in [-0.4, -0.2) is 17.0 Å². The van der Waals surface area contributed by atoms with Gasteiger partial charge in [0, 0.05) is 6.20 Å². The number of aromatic nitrogens is 1. The fraction of sp³-hybridized carbons (Fsp3) is 0.133. The third kappa shape index (κ3) is 2.04. The molecule has 0 unspecified atom stereocenters. The second-order valence-electron chi connectivity index (χ2n) is 4.10. The Morgan fingerprint density at radius 3 is 2.95 bits per heavy atom. The summed E-state index contributed by atoms with van der Waals surface area (Å²) in [4.78, 5) is 13.1. The molecule has 0 saturated heterocycles. The molecule has 3 nitrogen and oxygen atoms in total. The van der Waals surface area contributed by atoms with Crippen LogP contribution in [0.15, 0.2) is 48.0 Å². The number of esters is 1. The number of thiophene rings is 1. The average molecular weight is 271 g/mol. The second-order valence-corrected chi connectivity index (χ2v) is 5.04. The van der Waals surface area contributed by atoms with E-state index in [4.69, 9.17) is 4.74 Å². The summed E-state index contributed by atoms with van der Waals surface area (Å²) in [6.07, 6.45) is 1.97.